The molecule has 0 bridgehead atoms. The van der Waals surface area contributed by atoms with E-state index in [1.807, 2.05) is 25.1 Å². The molecular formula is C20H18F2N2O4S. The van der Waals surface area contributed by atoms with Gasteiger partial charge in [0.1, 0.15) is 5.58 Å². The summed E-state index contributed by atoms with van der Waals surface area (Å²) in [7, 11) is -3.98. The molecule has 2 aromatic carbocycles. The van der Waals surface area contributed by atoms with Crippen molar-refractivity contribution in [2.45, 2.75) is 11.8 Å². The Morgan fingerprint density at radius 1 is 1.00 bits per heavy atom. The van der Waals surface area contributed by atoms with Crippen LogP contribution < -0.4 is 0 Å². The number of sulfonamides is 1. The number of rotatable bonds is 3. The first kappa shape index (κ1) is 19.5. The smallest absolute Gasteiger partial charge is 0.289 e. The lowest BCUT2D eigenvalue weighted by Crippen LogP contribution is -2.50. The average molecular weight is 420 g/mol. The topological polar surface area (TPSA) is 70.8 Å². The van der Waals surface area contributed by atoms with E-state index in [-0.39, 0.29) is 42.7 Å². The monoisotopic (exact) mass is 420 g/mol. The molecule has 3 aromatic rings. The molecule has 0 unspecified atom stereocenters. The molecule has 0 saturated carbocycles. The van der Waals surface area contributed by atoms with E-state index in [1.165, 1.54) is 4.90 Å². The molecule has 9 heteroatoms. The Hall–Kier alpha value is -2.78. The number of carbonyl (C=O) groups excluding carboxylic acids is 1. The molecule has 6 nitrogen and oxygen atoms in total. The second-order valence-electron chi connectivity index (χ2n) is 6.82. The molecule has 0 N–H and O–H groups in total. The highest BCUT2D eigenvalue weighted by Crippen LogP contribution is 2.27. The molecule has 1 amide bonds. The molecule has 0 atom stereocenters. The maximum absolute atomic E-state index is 13.4. The molecule has 1 aromatic heterocycles. The van der Waals surface area contributed by atoms with E-state index in [4.69, 9.17) is 4.42 Å². The summed E-state index contributed by atoms with van der Waals surface area (Å²) in [4.78, 5) is 14.1. The highest BCUT2D eigenvalue weighted by molar-refractivity contribution is 7.89. The van der Waals surface area contributed by atoms with Crippen LogP contribution >= 0.6 is 0 Å². The number of piperazine rings is 1. The van der Waals surface area contributed by atoms with Crippen LogP contribution in [0.3, 0.4) is 0 Å². The summed E-state index contributed by atoms with van der Waals surface area (Å²) in [5.74, 6) is -2.40. The quantitative estimate of drug-likeness (QED) is 0.653. The molecular weight excluding hydrogens is 402 g/mol. The number of hydrogen-bond acceptors (Lipinski definition) is 4. The number of hydrogen-bond donors (Lipinski definition) is 0. The van der Waals surface area contributed by atoms with Crippen molar-refractivity contribution in [3.8, 4) is 0 Å². The molecule has 1 aliphatic rings. The van der Waals surface area contributed by atoms with Crippen LogP contribution in [0.1, 0.15) is 16.1 Å². The summed E-state index contributed by atoms with van der Waals surface area (Å²) in [5.41, 5.74) is 1.36. The number of amides is 1. The van der Waals surface area contributed by atoms with Gasteiger partial charge in [-0.2, -0.15) is 4.31 Å². The van der Waals surface area contributed by atoms with Gasteiger partial charge in [-0.3, -0.25) is 4.79 Å². The predicted molar refractivity (Wildman–Crippen MR) is 102 cm³/mol. The van der Waals surface area contributed by atoms with Crippen molar-refractivity contribution in [1.29, 1.82) is 0 Å². The average Bonchev–Trinajstić information content (AvgIpc) is 3.06. The SMILES string of the molecule is Cc1c(C(=O)N2CCN(S(=O)(=O)c3ccc(F)c(F)c3)CC2)oc2ccccc12. The highest BCUT2D eigenvalue weighted by atomic mass is 32.2. The lowest BCUT2D eigenvalue weighted by atomic mass is 10.1. The summed E-state index contributed by atoms with van der Waals surface area (Å²) in [6.45, 7) is 2.23. The molecule has 1 fully saturated rings. The van der Waals surface area contributed by atoms with Gasteiger partial charge < -0.3 is 9.32 Å². The van der Waals surface area contributed by atoms with Gasteiger partial charge in [0.25, 0.3) is 5.91 Å². The van der Waals surface area contributed by atoms with Gasteiger partial charge in [0, 0.05) is 37.1 Å². The number of para-hydroxylation sites is 1. The van der Waals surface area contributed by atoms with Crippen LogP contribution in [0.4, 0.5) is 8.78 Å². The van der Waals surface area contributed by atoms with Gasteiger partial charge in [-0.05, 0) is 31.2 Å². The second kappa shape index (κ2) is 7.23. The van der Waals surface area contributed by atoms with Crippen LogP contribution in [0.2, 0.25) is 0 Å². The van der Waals surface area contributed by atoms with Crippen molar-refractivity contribution in [2.75, 3.05) is 26.2 Å². The molecule has 1 aliphatic heterocycles. The lowest BCUT2D eigenvalue weighted by Gasteiger charge is -2.33. The van der Waals surface area contributed by atoms with Gasteiger partial charge in [-0.1, -0.05) is 18.2 Å². The van der Waals surface area contributed by atoms with E-state index in [2.05, 4.69) is 0 Å². The van der Waals surface area contributed by atoms with Gasteiger partial charge in [-0.15, -0.1) is 0 Å². The Morgan fingerprint density at radius 3 is 2.34 bits per heavy atom. The Labute approximate surface area is 166 Å². The van der Waals surface area contributed by atoms with E-state index in [1.54, 1.807) is 6.07 Å². The lowest BCUT2D eigenvalue weighted by molar-refractivity contribution is 0.0667. The summed E-state index contributed by atoms with van der Waals surface area (Å²) in [6, 6.07) is 9.82. The molecule has 0 aliphatic carbocycles. The van der Waals surface area contributed by atoms with Crippen molar-refractivity contribution in [2.24, 2.45) is 0 Å². The number of furan rings is 1. The Kier molecular flexibility index (Phi) is 4.87. The van der Waals surface area contributed by atoms with Gasteiger partial charge in [0.05, 0.1) is 4.90 Å². The van der Waals surface area contributed by atoms with Crippen LogP contribution in [-0.4, -0.2) is 49.7 Å². The Bertz CT molecular complexity index is 1200. The molecule has 4 rings (SSSR count). The third-order valence-corrected chi connectivity index (χ3v) is 6.99. The van der Waals surface area contributed by atoms with Crippen LogP contribution in [0.25, 0.3) is 11.0 Å². The summed E-state index contributed by atoms with van der Waals surface area (Å²) >= 11 is 0. The summed E-state index contributed by atoms with van der Waals surface area (Å²) in [6.07, 6.45) is 0. The number of benzene rings is 2. The Morgan fingerprint density at radius 2 is 1.69 bits per heavy atom. The standard InChI is InChI=1S/C20H18F2N2O4S/c1-13-15-4-2-3-5-18(15)28-19(13)20(25)23-8-10-24(11-9-23)29(26,27)14-6-7-16(21)17(22)12-14/h2-7,12H,8-11H2,1H3. The maximum Gasteiger partial charge on any atom is 0.289 e. The van der Waals surface area contributed by atoms with Crippen LogP contribution in [0.15, 0.2) is 51.8 Å². The Balaban J connectivity index is 1.50. The first-order chi connectivity index (χ1) is 13.8. The number of nitrogens with zero attached hydrogens (tertiary/aromatic N) is 2. The van der Waals surface area contributed by atoms with Gasteiger partial charge in [0.2, 0.25) is 10.0 Å². The molecule has 29 heavy (non-hydrogen) atoms. The maximum atomic E-state index is 13.4. The van der Waals surface area contributed by atoms with Crippen molar-refractivity contribution < 1.29 is 26.4 Å². The second-order valence-corrected chi connectivity index (χ2v) is 8.76. The molecule has 0 radical (unpaired) electrons. The summed E-state index contributed by atoms with van der Waals surface area (Å²) < 4.78 is 58.8. The number of halogens is 2. The van der Waals surface area contributed by atoms with Gasteiger partial charge in [-0.25, -0.2) is 17.2 Å². The van der Waals surface area contributed by atoms with E-state index >= 15 is 0 Å². The molecule has 152 valence electrons. The zero-order valence-electron chi connectivity index (χ0n) is 15.6. The highest BCUT2D eigenvalue weighted by Gasteiger charge is 2.32. The van der Waals surface area contributed by atoms with E-state index in [0.717, 1.165) is 27.4 Å². The zero-order chi connectivity index (χ0) is 20.8. The normalized spacial score (nSPS) is 15.8. The minimum atomic E-state index is -3.98. The fourth-order valence-electron chi connectivity index (χ4n) is 3.44. The van der Waals surface area contributed by atoms with Crippen molar-refractivity contribution in [1.82, 2.24) is 9.21 Å². The summed E-state index contributed by atoms with van der Waals surface area (Å²) in [5, 5.41) is 0.857. The van der Waals surface area contributed by atoms with E-state index in [0.29, 0.717) is 11.6 Å². The predicted octanol–water partition coefficient (Wildman–Crippen LogP) is 3.17. The van der Waals surface area contributed by atoms with Crippen molar-refractivity contribution in [3.05, 3.63) is 65.4 Å². The van der Waals surface area contributed by atoms with E-state index in [9.17, 15) is 22.0 Å². The van der Waals surface area contributed by atoms with Gasteiger partial charge in [0.15, 0.2) is 17.4 Å². The minimum absolute atomic E-state index is 0.0480. The first-order valence-electron chi connectivity index (χ1n) is 9.01. The largest absolute Gasteiger partial charge is 0.451 e. The van der Waals surface area contributed by atoms with Crippen LogP contribution in [0, 0.1) is 18.6 Å². The van der Waals surface area contributed by atoms with Gasteiger partial charge >= 0.3 is 0 Å². The zero-order valence-corrected chi connectivity index (χ0v) is 16.4. The fourth-order valence-corrected chi connectivity index (χ4v) is 4.87. The molecule has 1 saturated heterocycles. The van der Waals surface area contributed by atoms with E-state index < -0.39 is 21.7 Å². The van der Waals surface area contributed by atoms with Crippen molar-refractivity contribution >= 4 is 26.9 Å². The first-order valence-corrected chi connectivity index (χ1v) is 10.5. The third kappa shape index (κ3) is 3.40. The number of aryl methyl sites for hydroxylation is 1. The third-order valence-electron chi connectivity index (χ3n) is 5.09. The van der Waals surface area contributed by atoms with Crippen LogP contribution in [-0.2, 0) is 10.0 Å². The molecule has 2 heterocycles. The fraction of sp³-hybridized carbons (Fsp3) is 0.250. The number of fused-ring (bicyclic) bond motifs is 1. The van der Waals surface area contributed by atoms with Crippen molar-refractivity contribution in [3.63, 3.8) is 0 Å². The van der Waals surface area contributed by atoms with Crippen LogP contribution in [0.5, 0.6) is 0 Å². The minimum Gasteiger partial charge on any atom is -0.451 e. The number of carbonyl (C=O) groups is 1. The molecule has 0 spiro atoms.